The molecular formula is C17H16N2O3S. The number of benzene rings is 2. The smallest absolute Gasteiger partial charge is 0.262 e. The number of hydrogen-bond acceptors (Lipinski definition) is 4. The Morgan fingerprint density at radius 2 is 1.74 bits per heavy atom. The van der Waals surface area contributed by atoms with Crippen LogP contribution in [0.3, 0.4) is 0 Å². The first-order chi connectivity index (χ1) is 11.0. The van der Waals surface area contributed by atoms with Gasteiger partial charge in [0.2, 0.25) is 9.84 Å². The van der Waals surface area contributed by atoms with Crippen molar-refractivity contribution in [3.63, 3.8) is 0 Å². The Bertz CT molecular complexity index is 930. The molecule has 0 radical (unpaired) electrons. The molecule has 0 bridgehead atoms. The zero-order valence-electron chi connectivity index (χ0n) is 12.5. The number of hydrogen-bond donors (Lipinski definition) is 2. The van der Waals surface area contributed by atoms with Gasteiger partial charge >= 0.3 is 0 Å². The highest BCUT2D eigenvalue weighted by molar-refractivity contribution is 7.97. The van der Waals surface area contributed by atoms with Gasteiger partial charge in [0.1, 0.15) is 0 Å². The van der Waals surface area contributed by atoms with E-state index < -0.39 is 15.7 Å². The molecule has 1 aliphatic heterocycles. The van der Waals surface area contributed by atoms with E-state index in [4.69, 9.17) is 5.73 Å². The first kappa shape index (κ1) is 15.3. The molecule has 0 atom stereocenters. The van der Waals surface area contributed by atoms with Gasteiger partial charge in [-0.3, -0.25) is 4.79 Å². The fourth-order valence-corrected chi connectivity index (χ4v) is 4.37. The number of anilines is 1. The van der Waals surface area contributed by atoms with Crippen LogP contribution in [-0.4, -0.2) is 14.3 Å². The van der Waals surface area contributed by atoms with Gasteiger partial charge in [0.05, 0.1) is 10.6 Å². The van der Waals surface area contributed by atoms with Crippen molar-refractivity contribution in [2.45, 2.75) is 18.2 Å². The highest BCUT2D eigenvalue weighted by atomic mass is 32.2. The summed E-state index contributed by atoms with van der Waals surface area (Å²) in [5.41, 5.74) is 7.84. The minimum Gasteiger partial charge on any atom is -0.365 e. The molecule has 0 aromatic heterocycles. The molecule has 3 rings (SSSR count). The van der Waals surface area contributed by atoms with Gasteiger partial charge in [-0.1, -0.05) is 43.3 Å². The number of amides is 1. The molecule has 0 unspecified atom stereocenters. The molecule has 1 heterocycles. The summed E-state index contributed by atoms with van der Waals surface area (Å²) < 4.78 is 25.2. The fourth-order valence-electron chi connectivity index (χ4n) is 2.74. The van der Waals surface area contributed by atoms with Gasteiger partial charge in [-0.15, -0.1) is 0 Å². The zero-order chi connectivity index (χ0) is 16.6. The Morgan fingerprint density at radius 1 is 1.09 bits per heavy atom. The van der Waals surface area contributed by atoms with E-state index in [1.165, 1.54) is 6.07 Å². The van der Waals surface area contributed by atoms with E-state index in [-0.39, 0.29) is 15.5 Å². The summed E-state index contributed by atoms with van der Waals surface area (Å²) in [6.07, 6.45) is 0.775. The molecule has 118 valence electrons. The van der Waals surface area contributed by atoms with E-state index in [1.54, 1.807) is 18.2 Å². The molecule has 0 saturated carbocycles. The minimum atomic E-state index is -3.89. The normalized spacial score (nSPS) is 15.3. The summed E-state index contributed by atoms with van der Waals surface area (Å²) in [6.45, 7) is 2.00. The van der Waals surface area contributed by atoms with Crippen LogP contribution in [-0.2, 0) is 21.1 Å². The third-order valence-corrected chi connectivity index (χ3v) is 5.70. The second kappa shape index (κ2) is 5.55. The minimum absolute atomic E-state index is 0.102. The van der Waals surface area contributed by atoms with Gasteiger partial charge in [0.25, 0.3) is 5.91 Å². The first-order valence-corrected chi connectivity index (χ1v) is 8.68. The number of rotatable bonds is 4. The van der Waals surface area contributed by atoms with Crippen molar-refractivity contribution in [1.29, 1.82) is 0 Å². The van der Waals surface area contributed by atoms with Crippen molar-refractivity contribution < 1.29 is 13.2 Å². The summed E-state index contributed by atoms with van der Waals surface area (Å²) in [5.74, 6) is -0.960. The predicted molar refractivity (Wildman–Crippen MR) is 89.2 cm³/mol. The van der Waals surface area contributed by atoms with Crippen molar-refractivity contribution in [2.75, 3.05) is 5.32 Å². The van der Waals surface area contributed by atoms with Crippen LogP contribution < -0.4 is 11.1 Å². The van der Waals surface area contributed by atoms with Crippen LogP contribution >= 0.6 is 0 Å². The van der Waals surface area contributed by atoms with E-state index in [0.29, 0.717) is 5.56 Å². The Kier molecular flexibility index (Phi) is 3.69. The molecule has 1 amide bonds. The van der Waals surface area contributed by atoms with Gasteiger partial charge in [-0.25, -0.2) is 8.42 Å². The van der Waals surface area contributed by atoms with Crippen LogP contribution in [0.4, 0.5) is 5.69 Å². The van der Waals surface area contributed by atoms with Crippen LogP contribution in [0.1, 0.15) is 18.1 Å². The van der Waals surface area contributed by atoms with Crippen molar-refractivity contribution in [2.24, 2.45) is 5.73 Å². The number of nitrogens with one attached hydrogen (secondary N) is 1. The number of carbonyl (C=O) groups is 1. The first-order valence-electron chi connectivity index (χ1n) is 7.20. The van der Waals surface area contributed by atoms with E-state index in [0.717, 1.165) is 17.7 Å². The van der Waals surface area contributed by atoms with Crippen LogP contribution in [0, 0.1) is 0 Å². The lowest BCUT2D eigenvalue weighted by molar-refractivity contribution is -0.113. The van der Waals surface area contributed by atoms with Gasteiger partial charge in [-0.05, 0) is 24.1 Å². The molecule has 0 spiro atoms. The highest BCUT2D eigenvalue weighted by Gasteiger charge is 2.38. The van der Waals surface area contributed by atoms with E-state index in [2.05, 4.69) is 5.32 Å². The second-order valence-corrected chi connectivity index (χ2v) is 7.06. The Balaban J connectivity index is 2.22. The molecule has 5 nitrogen and oxygen atoms in total. The van der Waals surface area contributed by atoms with Crippen molar-refractivity contribution in [1.82, 2.24) is 0 Å². The summed E-state index contributed by atoms with van der Waals surface area (Å²) in [4.78, 5) is 11.5. The maximum atomic E-state index is 12.6. The zero-order valence-corrected chi connectivity index (χ0v) is 13.4. The third kappa shape index (κ3) is 2.41. The molecular weight excluding hydrogens is 312 g/mol. The highest BCUT2D eigenvalue weighted by Crippen LogP contribution is 2.39. The standard InChI is InChI=1S/C17H16N2O3S/c1-2-11-7-3-5-9-13(11)19-15-12-8-4-6-10-14(12)23(21,22)16(15)17(18)20/h3-10,19H,2H2,1H3,(H2,18,20). The predicted octanol–water partition coefficient (Wildman–Crippen LogP) is 2.30. The van der Waals surface area contributed by atoms with Gasteiger partial charge < -0.3 is 11.1 Å². The van der Waals surface area contributed by atoms with Crippen LogP contribution in [0.25, 0.3) is 5.70 Å². The summed E-state index contributed by atoms with van der Waals surface area (Å²) in [7, 11) is -3.89. The van der Waals surface area contributed by atoms with E-state index in [1.807, 2.05) is 31.2 Å². The van der Waals surface area contributed by atoms with Crippen LogP contribution in [0.2, 0.25) is 0 Å². The lowest BCUT2D eigenvalue weighted by atomic mass is 10.1. The number of nitrogens with two attached hydrogens (primary N) is 1. The second-order valence-electron chi connectivity index (χ2n) is 5.20. The number of aryl methyl sites for hydroxylation is 1. The average molecular weight is 328 g/mol. The van der Waals surface area contributed by atoms with Gasteiger partial charge in [0, 0.05) is 11.3 Å². The molecule has 0 saturated heterocycles. The third-order valence-electron chi connectivity index (χ3n) is 3.82. The van der Waals surface area contributed by atoms with Gasteiger partial charge in [0.15, 0.2) is 4.91 Å². The molecule has 3 N–H and O–H groups in total. The van der Waals surface area contributed by atoms with Crippen molar-refractivity contribution in [3.8, 4) is 0 Å². The number of fused-ring (bicyclic) bond motifs is 1. The summed E-state index contributed by atoms with van der Waals surface area (Å²) in [5, 5.41) is 3.10. The van der Waals surface area contributed by atoms with E-state index in [9.17, 15) is 13.2 Å². The molecule has 1 aliphatic rings. The quantitative estimate of drug-likeness (QED) is 0.901. The van der Waals surface area contributed by atoms with Gasteiger partial charge in [-0.2, -0.15) is 0 Å². The average Bonchev–Trinajstić information content (AvgIpc) is 2.76. The van der Waals surface area contributed by atoms with E-state index >= 15 is 0 Å². The molecule has 0 aliphatic carbocycles. The van der Waals surface area contributed by atoms with Crippen LogP contribution in [0.15, 0.2) is 58.3 Å². The number of carbonyl (C=O) groups excluding carboxylic acids is 1. The Labute approximate surface area is 134 Å². The molecule has 2 aromatic carbocycles. The largest absolute Gasteiger partial charge is 0.365 e. The lowest BCUT2D eigenvalue weighted by Crippen LogP contribution is -2.20. The maximum absolute atomic E-state index is 12.6. The van der Waals surface area contributed by atoms with Crippen molar-refractivity contribution >= 4 is 27.1 Å². The Morgan fingerprint density at radius 3 is 2.43 bits per heavy atom. The lowest BCUT2D eigenvalue weighted by Gasteiger charge is -2.13. The summed E-state index contributed by atoms with van der Waals surface area (Å²) >= 11 is 0. The molecule has 6 heteroatoms. The molecule has 2 aromatic rings. The summed E-state index contributed by atoms with van der Waals surface area (Å²) in [6, 6.07) is 14.0. The number of primary amides is 1. The SMILES string of the molecule is CCc1ccccc1NC1=C(C(N)=O)S(=O)(=O)c2ccccc21. The number of para-hydroxylation sites is 1. The maximum Gasteiger partial charge on any atom is 0.262 e. The van der Waals surface area contributed by atoms with Crippen molar-refractivity contribution in [3.05, 3.63) is 64.6 Å². The Hall–Kier alpha value is -2.60. The topological polar surface area (TPSA) is 89.3 Å². The fraction of sp³-hybridized carbons (Fsp3) is 0.118. The van der Waals surface area contributed by atoms with Crippen LogP contribution in [0.5, 0.6) is 0 Å². The monoisotopic (exact) mass is 328 g/mol. The molecule has 0 fully saturated rings. The number of sulfone groups is 1. The molecule has 23 heavy (non-hydrogen) atoms.